The molecule has 7 nitrogen and oxygen atoms in total. The number of carbonyl (C=O) groups is 1. The zero-order chi connectivity index (χ0) is 23.0. The highest BCUT2D eigenvalue weighted by molar-refractivity contribution is 5.95. The molecule has 1 aliphatic rings. The fraction of sp³-hybridized carbons (Fsp3) is 0.480. The first-order valence-electron chi connectivity index (χ1n) is 11.0. The van der Waals surface area contributed by atoms with Crippen molar-refractivity contribution >= 4 is 5.91 Å². The fourth-order valence-electron chi connectivity index (χ4n) is 3.82. The Hall–Kier alpha value is -2.77. The lowest BCUT2D eigenvalue weighted by molar-refractivity contribution is -0.0169. The van der Waals surface area contributed by atoms with E-state index in [2.05, 4.69) is 24.1 Å². The van der Waals surface area contributed by atoms with E-state index in [4.69, 9.17) is 18.9 Å². The molecule has 1 atom stereocenters. The van der Waals surface area contributed by atoms with Crippen LogP contribution < -0.4 is 19.5 Å². The van der Waals surface area contributed by atoms with Crippen molar-refractivity contribution in [3.63, 3.8) is 0 Å². The summed E-state index contributed by atoms with van der Waals surface area (Å²) in [6, 6.07) is 13.2. The van der Waals surface area contributed by atoms with Crippen LogP contribution in [0.1, 0.15) is 36.2 Å². The smallest absolute Gasteiger partial charge is 0.251 e. The number of morpholine rings is 1. The molecule has 0 bridgehead atoms. The third-order valence-corrected chi connectivity index (χ3v) is 6.11. The highest BCUT2D eigenvalue weighted by Gasteiger charge is 2.32. The lowest BCUT2D eigenvalue weighted by atomic mass is 9.95. The number of amides is 1. The molecule has 2 aromatic rings. The minimum absolute atomic E-state index is 0.133. The van der Waals surface area contributed by atoms with Crippen molar-refractivity contribution in [1.29, 1.82) is 0 Å². The van der Waals surface area contributed by atoms with Crippen LogP contribution in [0.5, 0.6) is 17.2 Å². The van der Waals surface area contributed by atoms with Crippen LogP contribution in [-0.4, -0.2) is 63.4 Å². The number of rotatable bonds is 10. The Morgan fingerprint density at radius 2 is 1.72 bits per heavy atom. The first-order chi connectivity index (χ1) is 15.5. The Morgan fingerprint density at radius 1 is 1.09 bits per heavy atom. The number of benzene rings is 2. The van der Waals surface area contributed by atoms with Crippen molar-refractivity contribution < 1.29 is 23.7 Å². The molecule has 0 aliphatic carbocycles. The van der Waals surface area contributed by atoms with Gasteiger partial charge in [0.15, 0.2) is 11.5 Å². The maximum Gasteiger partial charge on any atom is 0.251 e. The zero-order valence-electron chi connectivity index (χ0n) is 19.5. The molecule has 32 heavy (non-hydrogen) atoms. The number of carbonyl (C=O) groups excluding carboxylic acids is 1. The van der Waals surface area contributed by atoms with Crippen LogP contribution in [-0.2, 0) is 11.3 Å². The molecule has 0 saturated carbocycles. The van der Waals surface area contributed by atoms with Gasteiger partial charge in [-0.05, 0) is 31.0 Å². The predicted octanol–water partition coefficient (Wildman–Crippen LogP) is 3.51. The molecule has 1 heterocycles. The lowest BCUT2D eigenvalue weighted by Crippen LogP contribution is -2.56. The number of nitrogens with one attached hydrogen (secondary N) is 1. The first kappa shape index (κ1) is 23.9. The molecule has 0 aromatic heterocycles. The van der Waals surface area contributed by atoms with Crippen molar-refractivity contribution in [2.24, 2.45) is 0 Å². The standard InChI is InChI=1S/C25H34N2O5/c1-5-25(2,27-11-13-31-14-12-27)18-26-24(28)20-15-21(29-3)23(22(16-20)30-4)32-17-19-9-7-6-8-10-19/h6-10,15-16H,5,11-14,17-18H2,1-4H3,(H,26,28). The van der Waals surface area contributed by atoms with Crippen LogP contribution in [0, 0.1) is 0 Å². The third kappa shape index (κ3) is 5.72. The summed E-state index contributed by atoms with van der Waals surface area (Å²) in [6.45, 7) is 8.43. The predicted molar refractivity (Wildman–Crippen MR) is 124 cm³/mol. The molecule has 7 heteroatoms. The van der Waals surface area contributed by atoms with E-state index < -0.39 is 0 Å². The van der Waals surface area contributed by atoms with Crippen LogP contribution in [0.2, 0.25) is 0 Å². The second-order valence-electron chi connectivity index (χ2n) is 8.12. The van der Waals surface area contributed by atoms with E-state index in [1.54, 1.807) is 26.4 Å². The molecule has 1 amide bonds. The van der Waals surface area contributed by atoms with Crippen LogP contribution in [0.15, 0.2) is 42.5 Å². The van der Waals surface area contributed by atoms with Gasteiger partial charge < -0.3 is 24.3 Å². The molecule has 2 aromatic carbocycles. The van der Waals surface area contributed by atoms with E-state index in [1.807, 2.05) is 30.3 Å². The number of hydrogen-bond acceptors (Lipinski definition) is 6. The van der Waals surface area contributed by atoms with Crippen LogP contribution in [0.3, 0.4) is 0 Å². The summed E-state index contributed by atoms with van der Waals surface area (Å²) >= 11 is 0. The average Bonchev–Trinajstić information content (AvgIpc) is 2.86. The summed E-state index contributed by atoms with van der Waals surface area (Å²) in [7, 11) is 3.11. The monoisotopic (exact) mass is 442 g/mol. The second kappa shape index (κ2) is 11.2. The summed E-state index contributed by atoms with van der Waals surface area (Å²) in [5.74, 6) is 1.21. The minimum Gasteiger partial charge on any atom is -0.493 e. The average molecular weight is 443 g/mol. The number of nitrogens with zero attached hydrogens (tertiary/aromatic N) is 1. The Balaban J connectivity index is 1.73. The summed E-state index contributed by atoms with van der Waals surface area (Å²) in [5.41, 5.74) is 1.36. The first-order valence-corrected chi connectivity index (χ1v) is 11.0. The van der Waals surface area contributed by atoms with Crippen molar-refractivity contribution in [1.82, 2.24) is 10.2 Å². The molecule has 0 spiro atoms. The van der Waals surface area contributed by atoms with Crippen LogP contribution in [0.4, 0.5) is 0 Å². The van der Waals surface area contributed by atoms with E-state index in [0.29, 0.717) is 36.0 Å². The largest absolute Gasteiger partial charge is 0.493 e. The minimum atomic E-state index is -0.177. The van der Waals surface area contributed by atoms with Gasteiger partial charge in [-0.2, -0.15) is 0 Å². The quantitative estimate of drug-likeness (QED) is 0.607. The van der Waals surface area contributed by atoms with E-state index >= 15 is 0 Å². The van der Waals surface area contributed by atoms with Crippen molar-refractivity contribution in [2.75, 3.05) is 47.1 Å². The topological polar surface area (TPSA) is 69.3 Å². The van der Waals surface area contributed by atoms with E-state index in [9.17, 15) is 4.79 Å². The van der Waals surface area contributed by atoms with Gasteiger partial charge in [-0.1, -0.05) is 37.3 Å². The van der Waals surface area contributed by atoms with Crippen LogP contribution in [0.25, 0.3) is 0 Å². The second-order valence-corrected chi connectivity index (χ2v) is 8.12. The summed E-state index contributed by atoms with van der Waals surface area (Å²) in [6.07, 6.45) is 0.923. The zero-order valence-corrected chi connectivity index (χ0v) is 19.5. The van der Waals surface area contributed by atoms with Crippen molar-refractivity contribution in [3.8, 4) is 17.2 Å². The number of methoxy groups -OCH3 is 2. The fourth-order valence-corrected chi connectivity index (χ4v) is 3.82. The molecule has 1 saturated heterocycles. The highest BCUT2D eigenvalue weighted by atomic mass is 16.5. The maximum atomic E-state index is 13.0. The maximum absolute atomic E-state index is 13.0. The molecule has 1 aliphatic heterocycles. The Kier molecular flexibility index (Phi) is 8.36. The van der Waals surface area contributed by atoms with E-state index in [0.717, 1.165) is 38.3 Å². The Morgan fingerprint density at radius 3 is 2.28 bits per heavy atom. The van der Waals surface area contributed by atoms with Crippen LogP contribution >= 0.6 is 0 Å². The molecule has 1 N–H and O–H groups in total. The van der Waals surface area contributed by atoms with Gasteiger partial charge in [0.1, 0.15) is 6.61 Å². The molecule has 1 unspecified atom stereocenters. The normalized spacial score (nSPS) is 16.1. The van der Waals surface area contributed by atoms with Gasteiger partial charge in [-0.25, -0.2) is 0 Å². The van der Waals surface area contributed by atoms with Crippen molar-refractivity contribution in [3.05, 3.63) is 53.6 Å². The highest BCUT2D eigenvalue weighted by Crippen LogP contribution is 2.39. The van der Waals surface area contributed by atoms with Gasteiger partial charge in [-0.15, -0.1) is 0 Å². The van der Waals surface area contributed by atoms with Gasteiger partial charge in [-0.3, -0.25) is 9.69 Å². The number of ether oxygens (including phenoxy) is 4. The molecule has 174 valence electrons. The summed E-state index contributed by atoms with van der Waals surface area (Å²) in [4.78, 5) is 15.4. The van der Waals surface area contributed by atoms with Crippen molar-refractivity contribution in [2.45, 2.75) is 32.4 Å². The molecule has 0 radical (unpaired) electrons. The molecule has 3 rings (SSSR count). The van der Waals surface area contributed by atoms with Gasteiger partial charge in [0.2, 0.25) is 5.75 Å². The van der Waals surface area contributed by atoms with Gasteiger partial charge in [0, 0.05) is 30.7 Å². The lowest BCUT2D eigenvalue weighted by Gasteiger charge is -2.43. The third-order valence-electron chi connectivity index (χ3n) is 6.11. The van der Waals surface area contributed by atoms with Gasteiger partial charge >= 0.3 is 0 Å². The molecular formula is C25H34N2O5. The summed E-state index contributed by atoms with van der Waals surface area (Å²) < 4.78 is 22.5. The molecule has 1 fully saturated rings. The molecular weight excluding hydrogens is 408 g/mol. The van der Waals surface area contributed by atoms with E-state index in [-0.39, 0.29) is 11.4 Å². The number of hydrogen-bond donors (Lipinski definition) is 1. The van der Waals surface area contributed by atoms with Gasteiger partial charge in [0.05, 0.1) is 27.4 Å². The Labute approximate surface area is 190 Å². The Bertz CT molecular complexity index is 858. The SMILES string of the molecule is CCC(C)(CNC(=O)c1cc(OC)c(OCc2ccccc2)c(OC)c1)N1CCOCC1. The van der Waals surface area contributed by atoms with Gasteiger partial charge in [0.25, 0.3) is 5.91 Å². The van der Waals surface area contributed by atoms with E-state index in [1.165, 1.54) is 0 Å². The summed E-state index contributed by atoms with van der Waals surface area (Å²) in [5, 5.41) is 3.09.